The molecule has 0 aliphatic carbocycles. The molecule has 0 radical (unpaired) electrons. The number of benzene rings is 2. The fourth-order valence-corrected chi connectivity index (χ4v) is 2.51. The predicted octanol–water partition coefficient (Wildman–Crippen LogP) is 3.40. The number of carbonyl (C=O) groups excluding carboxylic acids is 2. The van der Waals surface area contributed by atoms with E-state index >= 15 is 0 Å². The highest BCUT2D eigenvalue weighted by atomic mass is 35.5. The van der Waals surface area contributed by atoms with E-state index in [2.05, 4.69) is 10.9 Å². The maximum absolute atomic E-state index is 12.3. The van der Waals surface area contributed by atoms with Crippen molar-refractivity contribution in [1.82, 2.24) is 15.8 Å². The molecule has 0 fully saturated rings. The first-order chi connectivity index (χ1) is 12.9. The quantitative estimate of drug-likeness (QED) is 0.765. The Morgan fingerprint density at radius 3 is 2.22 bits per heavy atom. The van der Waals surface area contributed by atoms with Gasteiger partial charge in [0.05, 0.1) is 20.3 Å². The highest BCUT2D eigenvalue weighted by Crippen LogP contribution is 2.27. The molecule has 2 N–H and O–H groups in total. The van der Waals surface area contributed by atoms with Gasteiger partial charge in [0.2, 0.25) is 0 Å². The Labute approximate surface area is 163 Å². The zero-order valence-corrected chi connectivity index (χ0v) is 16.3. The van der Waals surface area contributed by atoms with Gasteiger partial charge in [-0.2, -0.15) is 0 Å². The third-order valence-corrected chi connectivity index (χ3v) is 4.43. The monoisotopic (exact) mass is 391 g/mol. The second-order valence-electron chi connectivity index (χ2n) is 5.79. The van der Waals surface area contributed by atoms with Crippen molar-refractivity contribution in [2.24, 2.45) is 0 Å². The Bertz CT molecular complexity index is 811. The van der Waals surface area contributed by atoms with Crippen LogP contribution >= 0.6 is 11.6 Å². The van der Waals surface area contributed by atoms with Gasteiger partial charge in [0, 0.05) is 17.6 Å². The normalized spacial score (nSPS) is 11.3. The topological polar surface area (TPSA) is 79.9 Å². The number of methoxy groups -OCH3 is 2. The first-order valence-electron chi connectivity index (χ1n) is 8.18. The summed E-state index contributed by atoms with van der Waals surface area (Å²) in [5, 5.41) is 0.625. The second-order valence-corrected chi connectivity index (χ2v) is 6.23. The molecule has 3 amide bonds. The lowest BCUT2D eigenvalue weighted by molar-refractivity contribution is 0.0928. The van der Waals surface area contributed by atoms with E-state index in [0.29, 0.717) is 22.1 Å². The number of rotatable bonds is 5. The number of amides is 3. The number of nitrogens with one attached hydrogen (secondary N) is 2. The van der Waals surface area contributed by atoms with Gasteiger partial charge < -0.3 is 14.4 Å². The molecule has 0 aliphatic rings. The van der Waals surface area contributed by atoms with Crippen LogP contribution in [-0.2, 0) is 0 Å². The van der Waals surface area contributed by atoms with Gasteiger partial charge in [0.15, 0.2) is 11.5 Å². The SMILES string of the molecule is COc1ccc(C(=O)NNC(=O)N(C)[C@H](C)c2ccc(Cl)cc2)cc1OC. The van der Waals surface area contributed by atoms with Gasteiger partial charge in [-0.05, 0) is 42.8 Å². The standard InChI is InChI=1S/C19H22ClN3O4/c1-12(13-5-8-15(20)9-6-13)23(2)19(25)22-21-18(24)14-7-10-16(26-3)17(11-14)27-4/h5-12H,1-4H3,(H,21,24)(H,22,25)/t12-/m1/s1. The fraction of sp³-hybridized carbons (Fsp3) is 0.263. The molecule has 144 valence electrons. The third kappa shape index (κ3) is 5.04. The largest absolute Gasteiger partial charge is 0.493 e. The Hall–Kier alpha value is -2.93. The molecular formula is C19H22ClN3O4. The number of urea groups is 1. The smallest absolute Gasteiger partial charge is 0.336 e. The van der Waals surface area contributed by atoms with E-state index in [1.165, 1.54) is 25.2 Å². The van der Waals surface area contributed by atoms with Crippen molar-refractivity contribution in [2.75, 3.05) is 21.3 Å². The number of ether oxygens (including phenoxy) is 2. The van der Waals surface area contributed by atoms with Gasteiger partial charge in [-0.15, -0.1) is 0 Å². The predicted molar refractivity (Wildman–Crippen MR) is 103 cm³/mol. The van der Waals surface area contributed by atoms with Crippen molar-refractivity contribution in [3.8, 4) is 11.5 Å². The van der Waals surface area contributed by atoms with E-state index in [9.17, 15) is 9.59 Å². The van der Waals surface area contributed by atoms with E-state index < -0.39 is 11.9 Å². The van der Waals surface area contributed by atoms with E-state index in [1.54, 1.807) is 31.3 Å². The number of hydrazine groups is 1. The Kier molecular flexibility index (Phi) is 6.90. The molecule has 7 nitrogen and oxygen atoms in total. The van der Waals surface area contributed by atoms with Crippen LogP contribution in [0, 0.1) is 0 Å². The lowest BCUT2D eigenvalue weighted by Gasteiger charge is -2.25. The summed E-state index contributed by atoms with van der Waals surface area (Å²) in [5.74, 6) is 0.455. The average Bonchev–Trinajstić information content (AvgIpc) is 2.70. The number of hydrogen-bond donors (Lipinski definition) is 2. The summed E-state index contributed by atoms with van der Waals surface area (Å²) in [7, 11) is 4.63. The number of hydrogen-bond acceptors (Lipinski definition) is 4. The van der Waals surface area contributed by atoms with Gasteiger partial charge >= 0.3 is 6.03 Å². The molecule has 0 bridgehead atoms. The van der Waals surface area contributed by atoms with E-state index in [4.69, 9.17) is 21.1 Å². The summed E-state index contributed by atoms with van der Waals surface area (Å²) in [6.45, 7) is 1.87. The Balaban J connectivity index is 1.97. The van der Waals surface area contributed by atoms with Crippen LogP contribution in [0.25, 0.3) is 0 Å². The van der Waals surface area contributed by atoms with Crippen molar-refractivity contribution in [2.45, 2.75) is 13.0 Å². The van der Waals surface area contributed by atoms with Gasteiger partial charge in [0.25, 0.3) is 5.91 Å². The highest BCUT2D eigenvalue weighted by molar-refractivity contribution is 6.30. The van der Waals surface area contributed by atoms with E-state index in [-0.39, 0.29) is 6.04 Å². The zero-order chi connectivity index (χ0) is 20.0. The molecule has 0 spiro atoms. The summed E-state index contributed by atoms with van der Waals surface area (Å²) >= 11 is 5.88. The minimum absolute atomic E-state index is 0.208. The van der Waals surface area contributed by atoms with E-state index in [1.807, 2.05) is 19.1 Å². The van der Waals surface area contributed by atoms with Crippen molar-refractivity contribution >= 4 is 23.5 Å². The summed E-state index contributed by atoms with van der Waals surface area (Å²) in [5.41, 5.74) is 6.02. The molecule has 0 heterocycles. The summed E-state index contributed by atoms with van der Waals surface area (Å²) < 4.78 is 10.3. The van der Waals surface area contributed by atoms with E-state index in [0.717, 1.165) is 5.56 Å². The summed E-state index contributed by atoms with van der Waals surface area (Å²) in [4.78, 5) is 26.0. The van der Waals surface area contributed by atoms with Crippen LogP contribution in [0.5, 0.6) is 11.5 Å². The molecule has 2 aromatic rings. The van der Waals surface area contributed by atoms with Crippen LogP contribution in [0.2, 0.25) is 5.02 Å². The van der Waals surface area contributed by atoms with Crippen molar-refractivity contribution < 1.29 is 19.1 Å². The van der Waals surface area contributed by atoms with Crippen molar-refractivity contribution in [3.63, 3.8) is 0 Å². The van der Waals surface area contributed by atoms with Crippen LogP contribution < -0.4 is 20.3 Å². The Morgan fingerprint density at radius 2 is 1.63 bits per heavy atom. The highest BCUT2D eigenvalue weighted by Gasteiger charge is 2.18. The molecule has 1 atom stereocenters. The van der Waals surface area contributed by atoms with Crippen LogP contribution in [0.15, 0.2) is 42.5 Å². The molecule has 27 heavy (non-hydrogen) atoms. The molecule has 0 aromatic heterocycles. The lowest BCUT2D eigenvalue weighted by Crippen LogP contribution is -2.48. The maximum atomic E-state index is 12.3. The molecule has 0 unspecified atom stereocenters. The lowest BCUT2D eigenvalue weighted by atomic mass is 10.1. The number of halogens is 1. The molecule has 2 rings (SSSR count). The molecule has 8 heteroatoms. The average molecular weight is 392 g/mol. The fourth-order valence-electron chi connectivity index (χ4n) is 2.39. The van der Waals surface area contributed by atoms with Crippen LogP contribution in [-0.4, -0.2) is 38.1 Å². The second kappa shape index (κ2) is 9.14. The minimum Gasteiger partial charge on any atom is -0.493 e. The van der Waals surface area contributed by atoms with Crippen LogP contribution in [0.3, 0.4) is 0 Å². The van der Waals surface area contributed by atoms with Crippen LogP contribution in [0.1, 0.15) is 28.9 Å². The maximum Gasteiger partial charge on any atom is 0.336 e. The zero-order valence-electron chi connectivity index (χ0n) is 15.6. The first-order valence-corrected chi connectivity index (χ1v) is 8.55. The Morgan fingerprint density at radius 1 is 1.00 bits per heavy atom. The van der Waals surface area contributed by atoms with Gasteiger partial charge in [-0.1, -0.05) is 23.7 Å². The molecule has 0 saturated carbocycles. The molecular weight excluding hydrogens is 370 g/mol. The summed E-state index contributed by atoms with van der Waals surface area (Å²) in [6.07, 6.45) is 0. The number of carbonyl (C=O) groups is 2. The molecule has 0 saturated heterocycles. The minimum atomic E-state index is -0.475. The van der Waals surface area contributed by atoms with Gasteiger partial charge in [-0.3, -0.25) is 10.2 Å². The number of nitrogens with zero attached hydrogens (tertiary/aromatic N) is 1. The van der Waals surface area contributed by atoms with Crippen molar-refractivity contribution in [1.29, 1.82) is 0 Å². The molecule has 0 aliphatic heterocycles. The molecule has 2 aromatic carbocycles. The van der Waals surface area contributed by atoms with Crippen LogP contribution in [0.4, 0.5) is 4.79 Å². The van der Waals surface area contributed by atoms with Crippen molar-refractivity contribution in [3.05, 3.63) is 58.6 Å². The first kappa shape index (κ1) is 20.4. The third-order valence-electron chi connectivity index (χ3n) is 4.18. The summed E-state index contributed by atoms with van der Waals surface area (Å²) in [6, 6.07) is 11.3. The van der Waals surface area contributed by atoms with Gasteiger partial charge in [-0.25, -0.2) is 10.2 Å². The van der Waals surface area contributed by atoms with Gasteiger partial charge in [0.1, 0.15) is 0 Å².